The van der Waals surface area contributed by atoms with Gasteiger partial charge in [-0.3, -0.25) is 4.55 Å². The summed E-state index contributed by atoms with van der Waals surface area (Å²) >= 11 is 0. The van der Waals surface area contributed by atoms with Crippen molar-refractivity contribution in [3.8, 4) is 0 Å². The molecule has 1 heterocycles. The molecular weight excluding hydrogens is 286 g/mol. The molecule has 2 unspecified atom stereocenters. The first-order chi connectivity index (χ1) is 8.72. The fraction of sp³-hybridized carbons (Fsp3) is 0.800. The number of alkyl halides is 2. The standard InChI is InChI=1S/C10H14F2O6S/c11-10(12,19(14,15)16)8-9(18-8)17-5-6-1-3-7(13)4-2-6/h5,7-9,13H,1-4H2,(H,14,15,16). The van der Waals surface area contributed by atoms with Gasteiger partial charge in [0, 0.05) is 0 Å². The number of rotatable bonds is 4. The molecule has 0 bridgehead atoms. The fourth-order valence-corrected chi connectivity index (χ4v) is 2.30. The van der Waals surface area contributed by atoms with Gasteiger partial charge < -0.3 is 14.6 Å². The van der Waals surface area contributed by atoms with Gasteiger partial charge in [0.1, 0.15) is 0 Å². The molecule has 0 aromatic carbocycles. The van der Waals surface area contributed by atoms with Crippen LogP contribution < -0.4 is 0 Å². The maximum Gasteiger partial charge on any atom is 0.401 e. The fourth-order valence-electron chi connectivity index (χ4n) is 1.84. The van der Waals surface area contributed by atoms with Gasteiger partial charge >= 0.3 is 15.4 Å². The number of ether oxygens (including phenoxy) is 2. The average Bonchev–Trinajstić information content (AvgIpc) is 3.07. The molecule has 2 N–H and O–H groups in total. The van der Waals surface area contributed by atoms with Gasteiger partial charge in [0.2, 0.25) is 12.4 Å². The Morgan fingerprint density at radius 3 is 2.47 bits per heavy atom. The molecule has 2 atom stereocenters. The van der Waals surface area contributed by atoms with Crippen molar-refractivity contribution in [3.63, 3.8) is 0 Å². The van der Waals surface area contributed by atoms with E-state index in [2.05, 4.69) is 4.74 Å². The van der Waals surface area contributed by atoms with E-state index in [1.165, 1.54) is 6.26 Å². The highest BCUT2D eigenvalue weighted by molar-refractivity contribution is 7.86. The van der Waals surface area contributed by atoms with Gasteiger partial charge in [-0.15, -0.1) is 0 Å². The average molecular weight is 300 g/mol. The van der Waals surface area contributed by atoms with Crippen LogP contribution in [0.25, 0.3) is 0 Å². The Balaban J connectivity index is 1.86. The van der Waals surface area contributed by atoms with Crippen LogP contribution in [-0.2, 0) is 19.6 Å². The van der Waals surface area contributed by atoms with Crippen LogP contribution in [0.4, 0.5) is 8.78 Å². The highest BCUT2D eigenvalue weighted by Gasteiger charge is 2.66. The molecule has 6 nitrogen and oxygen atoms in total. The van der Waals surface area contributed by atoms with Gasteiger partial charge in [-0.25, -0.2) is 0 Å². The molecule has 0 aromatic heterocycles. The summed E-state index contributed by atoms with van der Waals surface area (Å²) in [6.07, 6.45) is -0.135. The van der Waals surface area contributed by atoms with Crippen molar-refractivity contribution in [1.82, 2.24) is 0 Å². The summed E-state index contributed by atoms with van der Waals surface area (Å²) < 4.78 is 64.7. The molecule has 1 aliphatic heterocycles. The van der Waals surface area contributed by atoms with Crippen LogP contribution in [0.15, 0.2) is 11.8 Å². The third kappa shape index (κ3) is 3.22. The molecule has 19 heavy (non-hydrogen) atoms. The Morgan fingerprint density at radius 2 is 1.95 bits per heavy atom. The van der Waals surface area contributed by atoms with Crippen LogP contribution in [0, 0.1) is 0 Å². The lowest BCUT2D eigenvalue weighted by atomic mass is 9.94. The predicted molar refractivity (Wildman–Crippen MR) is 58.8 cm³/mol. The van der Waals surface area contributed by atoms with Gasteiger partial charge in [0.25, 0.3) is 0 Å². The quantitative estimate of drug-likeness (QED) is 0.457. The maximum absolute atomic E-state index is 13.1. The van der Waals surface area contributed by atoms with Crippen LogP contribution in [0.2, 0.25) is 0 Å². The number of hydrogen-bond acceptors (Lipinski definition) is 5. The highest BCUT2D eigenvalue weighted by Crippen LogP contribution is 2.41. The molecule has 2 fully saturated rings. The molecule has 2 aliphatic rings. The molecular formula is C10H14F2O6S. The summed E-state index contributed by atoms with van der Waals surface area (Å²) in [5.41, 5.74) is 0.842. The summed E-state index contributed by atoms with van der Waals surface area (Å²) in [7, 11) is -5.51. The van der Waals surface area contributed by atoms with E-state index in [-0.39, 0.29) is 6.10 Å². The van der Waals surface area contributed by atoms with Crippen LogP contribution in [-0.4, -0.2) is 41.8 Å². The lowest BCUT2D eigenvalue weighted by Crippen LogP contribution is -2.35. The smallest absolute Gasteiger partial charge is 0.401 e. The van der Waals surface area contributed by atoms with Crippen LogP contribution in [0.1, 0.15) is 25.7 Å². The zero-order valence-corrected chi connectivity index (χ0v) is 10.6. The van der Waals surface area contributed by atoms with E-state index in [0.717, 1.165) is 5.57 Å². The normalized spacial score (nSPS) is 32.0. The number of halogens is 2. The van der Waals surface area contributed by atoms with Crippen LogP contribution in [0.5, 0.6) is 0 Å². The summed E-state index contributed by atoms with van der Waals surface area (Å²) in [6.45, 7) is 0. The second-order valence-electron chi connectivity index (χ2n) is 4.61. The van der Waals surface area contributed by atoms with E-state index >= 15 is 0 Å². The first-order valence-electron chi connectivity index (χ1n) is 5.73. The minimum absolute atomic E-state index is 0.356. The molecule has 0 radical (unpaired) electrons. The number of aliphatic hydroxyl groups excluding tert-OH is 1. The van der Waals surface area contributed by atoms with E-state index in [0.29, 0.717) is 25.7 Å². The Morgan fingerprint density at radius 1 is 1.37 bits per heavy atom. The van der Waals surface area contributed by atoms with Gasteiger partial charge in [0.15, 0.2) is 0 Å². The van der Waals surface area contributed by atoms with Crippen molar-refractivity contribution in [2.24, 2.45) is 0 Å². The molecule has 1 saturated carbocycles. The minimum Gasteiger partial charge on any atom is -0.469 e. The van der Waals surface area contributed by atoms with E-state index in [4.69, 9.17) is 9.29 Å². The summed E-state index contributed by atoms with van der Waals surface area (Å²) in [5, 5.41) is 4.89. The van der Waals surface area contributed by atoms with Crippen molar-refractivity contribution in [2.75, 3.05) is 0 Å². The van der Waals surface area contributed by atoms with Gasteiger partial charge in [-0.05, 0) is 31.3 Å². The van der Waals surface area contributed by atoms with Gasteiger partial charge in [-0.1, -0.05) is 0 Å². The third-order valence-electron chi connectivity index (χ3n) is 3.09. The number of allylic oxidation sites excluding steroid dienone is 1. The number of epoxide rings is 1. The monoisotopic (exact) mass is 300 g/mol. The lowest BCUT2D eigenvalue weighted by molar-refractivity contribution is 0.0484. The lowest BCUT2D eigenvalue weighted by Gasteiger charge is -2.18. The van der Waals surface area contributed by atoms with E-state index in [1.54, 1.807) is 0 Å². The molecule has 0 spiro atoms. The van der Waals surface area contributed by atoms with Crippen molar-refractivity contribution in [3.05, 3.63) is 11.8 Å². The second kappa shape index (κ2) is 4.97. The zero-order valence-electron chi connectivity index (χ0n) is 9.83. The first kappa shape index (κ1) is 14.6. The Kier molecular flexibility index (Phi) is 3.83. The Bertz CT molecular complexity index is 464. The molecule has 0 aromatic rings. The summed E-state index contributed by atoms with van der Waals surface area (Å²) in [4.78, 5) is 0. The highest BCUT2D eigenvalue weighted by atomic mass is 32.2. The van der Waals surface area contributed by atoms with Crippen LogP contribution in [0.3, 0.4) is 0 Å². The summed E-state index contributed by atoms with van der Waals surface area (Å²) in [6, 6.07) is 0. The molecule has 9 heteroatoms. The molecule has 1 saturated heterocycles. The summed E-state index contributed by atoms with van der Waals surface area (Å²) in [5.74, 6) is 0. The largest absolute Gasteiger partial charge is 0.469 e. The zero-order chi connectivity index (χ0) is 14.3. The third-order valence-corrected chi connectivity index (χ3v) is 4.01. The molecule has 2 rings (SSSR count). The van der Waals surface area contributed by atoms with Crippen LogP contribution >= 0.6 is 0 Å². The molecule has 0 amide bonds. The minimum atomic E-state index is -5.51. The number of hydrogen-bond donors (Lipinski definition) is 2. The van der Waals surface area contributed by atoms with E-state index in [1.807, 2.05) is 0 Å². The van der Waals surface area contributed by atoms with Crippen molar-refractivity contribution >= 4 is 10.1 Å². The Labute approximate surface area is 108 Å². The van der Waals surface area contributed by atoms with Crippen molar-refractivity contribution < 1.29 is 36.3 Å². The van der Waals surface area contributed by atoms with Gasteiger partial charge in [0.05, 0.1) is 12.4 Å². The van der Waals surface area contributed by atoms with E-state index in [9.17, 15) is 22.3 Å². The first-order valence-corrected chi connectivity index (χ1v) is 7.17. The maximum atomic E-state index is 13.1. The predicted octanol–water partition coefficient (Wildman–Crippen LogP) is 1.03. The number of aliphatic hydroxyl groups is 1. The molecule has 110 valence electrons. The SMILES string of the molecule is O=S(=O)(O)C(F)(F)C1OC1OC=C1CCC(O)CC1. The topological polar surface area (TPSA) is 96.4 Å². The molecule has 1 aliphatic carbocycles. The van der Waals surface area contributed by atoms with E-state index < -0.39 is 27.8 Å². The van der Waals surface area contributed by atoms with Gasteiger partial charge in [-0.2, -0.15) is 17.2 Å². The second-order valence-corrected chi connectivity index (χ2v) is 6.10. The Hall–Kier alpha value is -0.770. The van der Waals surface area contributed by atoms with Crippen molar-refractivity contribution in [1.29, 1.82) is 0 Å². The van der Waals surface area contributed by atoms with Crippen molar-refractivity contribution in [2.45, 2.75) is 49.4 Å².